The Morgan fingerprint density at radius 3 is 2.45 bits per heavy atom. The summed E-state index contributed by atoms with van der Waals surface area (Å²) in [6.45, 7) is 0.339. The summed E-state index contributed by atoms with van der Waals surface area (Å²) in [7, 11) is 3.54. The molecule has 1 fully saturated rings. The van der Waals surface area contributed by atoms with Gasteiger partial charge in [0.2, 0.25) is 0 Å². The Kier molecular flexibility index (Phi) is 6.62. The number of halogens is 3. The molecule has 168 valence electrons. The number of aliphatic hydroxyl groups is 1. The average Bonchev–Trinajstić information content (AvgIpc) is 2.69. The van der Waals surface area contributed by atoms with Crippen LogP contribution in [0.1, 0.15) is 47.2 Å². The van der Waals surface area contributed by atoms with Gasteiger partial charge in [-0.3, -0.25) is 0 Å². The highest BCUT2D eigenvalue weighted by atomic mass is 19.4. The van der Waals surface area contributed by atoms with Crippen molar-refractivity contribution in [2.75, 3.05) is 20.6 Å². The van der Waals surface area contributed by atoms with Crippen LogP contribution in [-0.4, -0.2) is 41.7 Å². The first kappa shape index (κ1) is 23.1. The molecule has 3 rings (SSSR count). The lowest BCUT2D eigenvalue weighted by Crippen LogP contribution is -2.44. The van der Waals surface area contributed by atoms with Crippen molar-refractivity contribution in [3.05, 3.63) is 59.2 Å². The molecule has 2 aromatic carbocycles. The maximum Gasteiger partial charge on any atom is 0.416 e. The van der Waals surface area contributed by atoms with Gasteiger partial charge in [0.05, 0.1) is 11.2 Å². The van der Waals surface area contributed by atoms with Crippen LogP contribution in [0.15, 0.2) is 42.5 Å². The molecule has 0 spiro atoms. The van der Waals surface area contributed by atoms with Gasteiger partial charge in [-0.1, -0.05) is 31.0 Å². The van der Waals surface area contributed by atoms with Gasteiger partial charge in [0, 0.05) is 18.0 Å². The maximum absolute atomic E-state index is 13.9. The lowest BCUT2D eigenvalue weighted by Gasteiger charge is -2.43. The number of nitrogens with zero attached hydrogens (tertiary/aromatic N) is 1. The summed E-state index contributed by atoms with van der Waals surface area (Å²) in [6, 6.07) is 9.64. The minimum atomic E-state index is -4.81. The molecule has 0 heterocycles. The molecule has 2 unspecified atom stereocenters. The van der Waals surface area contributed by atoms with E-state index in [0.717, 1.165) is 18.6 Å². The Bertz CT molecular complexity index is 930. The van der Waals surface area contributed by atoms with Gasteiger partial charge in [0.15, 0.2) is 0 Å². The molecule has 0 aliphatic heterocycles. The van der Waals surface area contributed by atoms with Crippen molar-refractivity contribution in [1.29, 1.82) is 0 Å². The van der Waals surface area contributed by atoms with Crippen molar-refractivity contribution in [3.8, 4) is 11.5 Å². The molecule has 2 atom stereocenters. The van der Waals surface area contributed by atoms with Gasteiger partial charge in [-0.2, -0.15) is 13.2 Å². The van der Waals surface area contributed by atoms with Gasteiger partial charge < -0.3 is 19.8 Å². The lowest BCUT2D eigenvalue weighted by atomic mass is 9.69. The zero-order valence-corrected chi connectivity index (χ0v) is 17.4. The van der Waals surface area contributed by atoms with E-state index in [2.05, 4.69) is 0 Å². The van der Waals surface area contributed by atoms with Gasteiger partial charge in [-0.15, -0.1) is 0 Å². The fourth-order valence-electron chi connectivity index (χ4n) is 4.32. The van der Waals surface area contributed by atoms with Crippen molar-refractivity contribution in [3.63, 3.8) is 0 Å². The summed E-state index contributed by atoms with van der Waals surface area (Å²) in [4.78, 5) is 14.4. The summed E-state index contributed by atoms with van der Waals surface area (Å²) in [5.74, 6) is -2.23. The largest absolute Gasteiger partial charge is 0.507 e. The van der Waals surface area contributed by atoms with Crippen LogP contribution in [0.5, 0.6) is 11.5 Å². The molecule has 0 amide bonds. The third kappa shape index (κ3) is 4.85. The SMILES string of the molecule is CN(C)CC1CCCCC1(O)c1c(C(F)(F)F)ccc(C(=O)Oc2ccccc2)c1O. The fraction of sp³-hybridized carbons (Fsp3) is 0.435. The van der Waals surface area contributed by atoms with Crippen molar-refractivity contribution >= 4 is 5.97 Å². The topological polar surface area (TPSA) is 70.0 Å². The summed E-state index contributed by atoms with van der Waals surface area (Å²) >= 11 is 0. The van der Waals surface area contributed by atoms with E-state index in [1.807, 2.05) is 0 Å². The molecule has 0 radical (unpaired) electrons. The highest BCUT2D eigenvalue weighted by Gasteiger charge is 2.49. The molecule has 2 aromatic rings. The molecule has 0 saturated heterocycles. The molecule has 0 bridgehead atoms. The predicted molar refractivity (Wildman–Crippen MR) is 109 cm³/mol. The number of carbonyl (C=O) groups excluding carboxylic acids is 1. The Morgan fingerprint density at radius 2 is 1.84 bits per heavy atom. The number of aromatic hydroxyl groups is 1. The number of ether oxygens (including phenoxy) is 1. The summed E-state index contributed by atoms with van der Waals surface area (Å²) in [6.07, 6.45) is -2.98. The molecule has 0 aromatic heterocycles. The quantitative estimate of drug-likeness (QED) is 0.530. The summed E-state index contributed by atoms with van der Waals surface area (Å²) in [5.41, 5.74) is -4.14. The number of rotatable bonds is 5. The van der Waals surface area contributed by atoms with Crippen LogP contribution < -0.4 is 4.74 Å². The van der Waals surface area contributed by atoms with E-state index in [1.165, 1.54) is 12.1 Å². The van der Waals surface area contributed by atoms with Crippen molar-refractivity contribution < 1.29 is 32.9 Å². The second-order valence-corrected chi connectivity index (χ2v) is 8.21. The Labute approximate surface area is 179 Å². The van der Waals surface area contributed by atoms with Crippen LogP contribution >= 0.6 is 0 Å². The minimum absolute atomic E-state index is 0.0549. The normalized spacial score (nSPS) is 21.8. The summed E-state index contributed by atoms with van der Waals surface area (Å²) < 4.78 is 46.8. The number of hydrogen-bond acceptors (Lipinski definition) is 5. The van der Waals surface area contributed by atoms with Crippen LogP contribution in [-0.2, 0) is 11.8 Å². The van der Waals surface area contributed by atoms with E-state index >= 15 is 0 Å². The minimum Gasteiger partial charge on any atom is -0.507 e. The predicted octanol–water partition coefficient (Wildman–Crippen LogP) is 4.57. The first-order valence-electron chi connectivity index (χ1n) is 10.1. The number of phenols is 1. The first-order valence-corrected chi connectivity index (χ1v) is 10.1. The fourth-order valence-corrected chi connectivity index (χ4v) is 4.32. The van der Waals surface area contributed by atoms with E-state index in [0.29, 0.717) is 19.4 Å². The molecule has 2 N–H and O–H groups in total. The van der Waals surface area contributed by atoms with Crippen LogP contribution in [0.3, 0.4) is 0 Å². The third-order valence-electron chi connectivity index (χ3n) is 5.71. The average molecular weight is 437 g/mol. The van der Waals surface area contributed by atoms with E-state index < -0.39 is 46.1 Å². The second-order valence-electron chi connectivity index (χ2n) is 8.21. The first-order chi connectivity index (χ1) is 14.5. The van der Waals surface area contributed by atoms with Crippen LogP contribution in [0.25, 0.3) is 0 Å². The van der Waals surface area contributed by atoms with E-state index in [-0.39, 0.29) is 12.2 Å². The molecular weight excluding hydrogens is 411 g/mol. The smallest absolute Gasteiger partial charge is 0.416 e. The van der Waals surface area contributed by atoms with Gasteiger partial charge >= 0.3 is 12.1 Å². The molecular formula is C23H26F3NO4. The molecule has 1 saturated carbocycles. The monoisotopic (exact) mass is 437 g/mol. The Balaban J connectivity index is 2.12. The third-order valence-corrected chi connectivity index (χ3v) is 5.71. The highest BCUT2D eigenvalue weighted by molar-refractivity contribution is 5.94. The highest BCUT2D eigenvalue weighted by Crippen LogP contribution is 2.50. The molecule has 1 aliphatic rings. The van der Waals surface area contributed by atoms with Crippen molar-refractivity contribution in [2.24, 2.45) is 5.92 Å². The number of benzene rings is 2. The van der Waals surface area contributed by atoms with Crippen molar-refractivity contribution in [2.45, 2.75) is 37.5 Å². The Hall–Kier alpha value is -2.58. The van der Waals surface area contributed by atoms with E-state index in [4.69, 9.17) is 4.74 Å². The summed E-state index contributed by atoms with van der Waals surface area (Å²) in [5, 5.41) is 22.4. The second kappa shape index (κ2) is 8.88. The Morgan fingerprint density at radius 1 is 1.16 bits per heavy atom. The van der Waals surface area contributed by atoms with Crippen molar-refractivity contribution in [1.82, 2.24) is 4.90 Å². The number of phenolic OH excluding ortho intramolecular Hbond substituents is 1. The molecule has 1 aliphatic carbocycles. The van der Waals surface area contributed by atoms with E-state index in [9.17, 15) is 28.2 Å². The number of para-hydroxylation sites is 1. The maximum atomic E-state index is 13.9. The van der Waals surface area contributed by atoms with E-state index in [1.54, 1.807) is 37.2 Å². The van der Waals surface area contributed by atoms with Gasteiger partial charge in [0.25, 0.3) is 0 Å². The number of esters is 1. The standard InChI is InChI=1S/C23H26F3NO4/c1-27(2)14-15-8-6-7-13-22(15,30)19-18(23(24,25)26)12-11-17(20(19)28)21(29)31-16-9-4-3-5-10-16/h3-5,9-12,15,28,30H,6-8,13-14H2,1-2H3. The zero-order chi connectivity index (χ0) is 22.8. The zero-order valence-electron chi connectivity index (χ0n) is 17.4. The van der Waals surface area contributed by atoms with Crippen LogP contribution in [0.4, 0.5) is 13.2 Å². The van der Waals surface area contributed by atoms with Gasteiger partial charge in [0.1, 0.15) is 17.1 Å². The molecule has 31 heavy (non-hydrogen) atoms. The molecule has 8 heteroatoms. The van der Waals surface area contributed by atoms with Crippen LogP contribution in [0.2, 0.25) is 0 Å². The van der Waals surface area contributed by atoms with Gasteiger partial charge in [-0.05, 0) is 51.2 Å². The molecule has 5 nitrogen and oxygen atoms in total. The van der Waals surface area contributed by atoms with Crippen LogP contribution in [0, 0.1) is 5.92 Å². The lowest BCUT2D eigenvalue weighted by molar-refractivity contribution is -0.144. The van der Waals surface area contributed by atoms with Gasteiger partial charge in [-0.25, -0.2) is 4.79 Å². The number of carbonyl (C=O) groups is 1. The number of hydrogen-bond donors (Lipinski definition) is 2. The number of alkyl halides is 3.